The highest BCUT2D eigenvalue weighted by molar-refractivity contribution is 5.00. The Labute approximate surface area is 81.3 Å². The fourth-order valence-corrected chi connectivity index (χ4v) is 3.16. The van der Waals surface area contributed by atoms with E-state index in [1.54, 1.807) is 0 Å². The van der Waals surface area contributed by atoms with Crippen LogP contribution in [0.15, 0.2) is 0 Å². The van der Waals surface area contributed by atoms with Crippen molar-refractivity contribution in [2.45, 2.75) is 51.4 Å². The standard InChI is InChI=1S/C11H21NO/c1-5-9-8-6-11(2,3)13-10(8)7-12(9)4/h8-10H,5-7H2,1-4H3. The van der Waals surface area contributed by atoms with Crippen LogP contribution >= 0.6 is 0 Å². The Balaban J connectivity index is 2.10. The van der Waals surface area contributed by atoms with Crippen molar-refractivity contribution in [1.82, 2.24) is 4.90 Å². The van der Waals surface area contributed by atoms with Gasteiger partial charge in [-0.2, -0.15) is 0 Å². The van der Waals surface area contributed by atoms with Crippen LogP contribution in [0.2, 0.25) is 0 Å². The molecule has 0 aromatic carbocycles. The molecule has 0 radical (unpaired) electrons. The lowest BCUT2D eigenvalue weighted by Gasteiger charge is -2.25. The molecule has 2 heterocycles. The molecule has 0 N–H and O–H groups in total. The highest BCUT2D eigenvalue weighted by Gasteiger charge is 2.49. The molecule has 76 valence electrons. The van der Waals surface area contributed by atoms with Crippen molar-refractivity contribution >= 4 is 0 Å². The summed E-state index contributed by atoms with van der Waals surface area (Å²) in [5.74, 6) is 0.782. The van der Waals surface area contributed by atoms with E-state index in [2.05, 4.69) is 32.7 Å². The molecule has 2 aliphatic rings. The second-order valence-corrected chi connectivity index (χ2v) is 5.20. The van der Waals surface area contributed by atoms with Crippen LogP contribution in [0.3, 0.4) is 0 Å². The molecule has 2 rings (SSSR count). The van der Waals surface area contributed by atoms with E-state index in [4.69, 9.17) is 4.74 Å². The first-order chi connectivity index (χ1) is 6.03. The maximum absolute atomic E-state index is 6.03. The van der Waals surface area contributed by atoms with Gasteiger partial charge in [-0.25, -0.2) is 0 Å². The Morgan fingerprint density at radius 1 is 1.46 bits per heavy atom. The zero-order valence-electron chi connectivity index (χ0n) is 9.21. The summed E-state index contributed by atoms with van der Waals surface area (Å²) in [6.45, 7) is 7.86. The Bertz CT molecular complexity index is 202. The third kappa shape index (κ3) is 1.50. The Morgan fingerprint density at radius 2 is 2.15 bits per heavy atom. The van der Waals surface area contributed by atoms with Crippen LogP contribution < -0.4 is 0 Å². The lowest BCUT2D eigenvalue weighted by Crippen LogP contribution is -2.31. The van der Waals surface area contributed by atoms with Gasteiger partial charge in [0, 0.05) is 18.5 Å². The predicted octanol–water partition coefficient (Wildman–Crippen LogP) is 1.89. The summed E-state index contributed by atoms with van der Waals surface area (Å²) in [7, 11) is 2.23. The zero-order valence-corrected chi connectivity index (χ0v) is 9.21. The van der Waals surface area contributed by atoms with E-state index in [-0.39, 0.29) is 5.60 Å². The topological polar surface area (TPSA) is 12.5 Å². The summed E-state index contributed by atoms with van der Waals surface area (Å²) in [4.78, 5) is 2.46. The lowest BCUT2D eigenvalue weighted by atomic mass is 9.89. The molecule has 0 aromatic rings. The van der Waals surface area contributed by atoms with Crippen LogP contribution in [0.4, 0.5) is 0 Å². The van der Waals surface area contributed by atoms with E-state index in [0.29, 0.717) is 6.10 Å². The van der Waals surface area contributed by atoms with Gasteiger partial charge in [-0.1, -0.05) is 6.92 Å². The summed E-state index contributed by atoms with van der Waals surface area (Å²) in [5, 5.41) is 0. The molecule has 0 amide bonds. The van der Waals surface area contributed by atoms with Crippen molar-refractivity contribution in [1.29, 1.82) is 0 Å². The summed E-state index contributed by atoms with van der Waals surface area (Å²) < 4.78 is 6.03. The molecule has 2 fully saturated rings. The molecule has 0 bridgehead atoms. The number of hydrogen-bond acceptors (Lipinski definition) is 2. The molecule has 2 aliphatic heterocycles. The average Bonchev–Trinajstić information content (AvgIpc) is 2.39. The number of likely N-dealkylation sites (N-methyl/N-ethyl adjacent to an activating group) is 1. The van der Waals surface area contributed by atoms with Crippen LogP contribution in [0.1, 0.15) is 33.6 Å². The summed E-state index contributed by atoms with van der Waals surface area (Å²) in [6, 6.07) is 0.756. The van der Waals surface area contributed by atoms with Crippen molar-refractivity contribution in [2.75, 3.05) is 13.6 Å². The molecule has 0 spiro atoms. The minimum atomic E-state index is 0.129. The van der Waals surface area contributed by atoms with Gasteiger partial charge in [0.2, 0.25) is 0 Å². The van der Waals surface area contributed by atoms with Gasteiger partial charge >= 0.3 is 0 Å². The average molecular weight is 183 g/mol. The highest BCUT2D eigenvalue weighted by Crippen LogP contribution is 2.42. The molecule has 2 heteroatoms. The third-order valence-electron chi connectivity index (χ3n) is 3.62. The van der Waals surface area contributed by atoms with Gasteiger partial charge < -0.3 is 9.64 Å². The second kappa shape index (κ2) is 2.96. The summed E-state index contributed by atoms with van der Waals surface area (Å²) in [6.07, 6.45) is 3.00. The Morgan fingerprint density at radius 3 is 2.77 bits per heavy atom. The number of rotatable bonds is 1. The Hall–Kier alpha value is -0.0800. The minimum absolute atomic E-state index is 0.129. The lowest BCUT2D eigenvalue weighted by molar-refractivity contribution is -0.0181. The van der Waals surface area contributed by atoms with Gasteiger partial charge in [0.15, 0.2) is 0 Å². The largest absolute Gasteiger partial charge is 0.371 e. The van der Waals surface area contributed by atoms with Gasteiger partial charge in [-0.05, 0) is 33.7 Å². The van der Waals surface area contributed by atoms with Gasteiger partial charge in [0.1, 0.15) is 0 Å². The summed E-state index contributed by atoms with van der Waals surface area (Å²) in [5.41, 5.74) is 0.129. The number of fused-ring (bicyclic) bond motifs is 1. The molecule has 0 aromatic heterocycles. The van der Waals surface area contributed by atoms with Gasteiger partial charge in [-0.15, -0.1) is 0 Å². The monoisotopic (exact) mass is 183 g/mol. The van der Waals surface area contributed by atoms with Crippen LogP contribution in [0, 0.1) is 5.92 Å². The van der Waals surface area contributed by atoms with Crippen molar-refractivity contribution < 1.29 is 4.74 Å². The molecular formula is C11H21NO. The number of hydrogen-bond donors (Lipinski definition) is 0. The quantitative estimate of drug-likeness (QED) is 0.615. The molecule has 0 aliphatic carbocycles. The van der Waals surface area contributed by atoms with Crippen molar-refractivity contribution in [2.24, 2.45) is 5.92 Å². The number of ether oxygens (including phenoxy) is 1. The molecule has 0 saturated carbocycles. The van der Waals surface area contributed by atoms with E-state index >= 15 is 0 Å². The van der Waals surface area contributed by atoms with Crippen LogP contribution in [-0.2, 0) is 4.74 Å². The predicted molar refractivity (Wildman–Crippen MR) is 53.8 cm³/mol. The second-order valence-electron chi connectivity index (χ2n) is 5.20. The van der Waals surface area contributed by atoms with Crippen LogP contribution in [0.5, 0.6) is 0 Å². The smallest absolute Gasteiger partial charge is 0.0753 e. The third-order valence-corrected chi connectivity index (χ3v) is 3.62. The molecule has 3 atom stereocenters. The van der Waals surface area contributed by atoms with E-state index in [1.165, 1.54) is 12.8 Å². The van der Waals surface area contributed by atoms with E-state index in [1.807, 2.05) is 0 Å². The van der Waals surface area contributed by atoms with Gasteiger partial charge in [0.05, 0.1) is 11.7 Å². The van der Waals surface area contributed by atoms with Crippen molar-refractivity contribution in [3.8, 4) is 0 Å². The summed E-state index contributed by atoms with van der Waals surface area (Å²) >= 11 is 0. The van der Waals surface area contributed by atoms with Crippen molar-refractivity contribution in [3.63, 3.8) is 0 Å². The van der Waals surface area contributed by atoms with E-state index < -0.39 is 0 Å². The van der Waals surface area contributed by atoms with Crippen LogP contribution in [0.25, 0.3) is 0 Å². The SMILES string of the molecule is CCC1C2CC(C)(C)OC2CN1C. The first-order valence-electron chi connectivity index (χ1n) is 5.41. The Kier molecular flexibility index (Phi) is 2.16. The molecule has 2 saturated heterocycles. The molecular weight excluding hydrogens is 162 g/mol. The molecule has 3 unspecified atom stereocenters. The fourth-order valence-electron chi connectivity index (χ4n) is 3.16. The molecule has 2 nitrogen and oxygen atoms in total. The van der Waals surface area contributed by atoms with E-state index in [9.17, 15) is 0 Å². The first kappa shape index (κ1) is 9.47. The zero-order chi connectivity index (χ0) is 9.64. The van der Waals surface area contributed by atoms with Crippen LogP contribution in [-0.4, -0.2) is 36.2 Å². The number of likely N-dealkylation sites (tertiary alicyclic amines) is 1. The molecule has 13 heavy (non-hydrogen) atoms. The minimum Gasteiger partial charge on any atom is -0.371 e. The van der Waals surface area contributed by atoms with Crippen molar-refractivity contribution in [3.05, 3.63) is 0 Å². The maximum Gasteiger partial charge on any atom is 0.0753 e. The number of nitrogens with zero attached hydrogens (tertiary/aromatic N) is 1. The van der Waals surface area contributed by atoms with Gasteiger partial charge in [-0.3, -0.25) is 0 Å². The fraction of sp³-hybridized carbons (Fsp3) is 1.00. The highest BCUT2D eigenvalue weighted by atomic mass is 16.5. The van der Waals surface area contributed by atoms with E-state index in [0.717, 1.165) is 18.5 Å². The normalized spacial score (nSPS) is 43.8. The first-order valence-corrected chi connectivity index (χ1v) is 5.41. The maximum atomic E-state index is 6.03. The van der Waals surface area contributed by atoms with Gasteiger partial charge in [0.25, 0.3) is 0 Å².